The summed E-state index contributed by atoms with van der Waals surface area (Å²) in [6, 6.07) is 9.80. The number of carbonyl (C=O) groups is 1. The lowest BCUT2D eigenvalue weighted by Gasteiger charge is -2.35. The molecule has 0 unspecified atom stereocenters. The number of rotatable bonds is 3. The summed E-state index contributed by atoms with van der Waals surface area (Å²) in [5.74, 6) is -0.0419. The number of nitrogens with one attached hydrogen (secondary N) is 1. The van der Waals surface area contributed by atoms with Gasteiger partial charge in [0, 0.05) is 12.6 Å². The fourth-order valence-corrected chi connectivity index (χ4v) is 2.72. The lowest BCUT2D eigenvalue weighted by molar-refractivity contribution is -0.137. The van der Waals surface area contributed by atoms with Crippen molar-refractivity contribution in [3.63, 3.8) is 0 Å². The van der Waals surface area contributed by atoms with E-state index in [1.54, 1.807) is 11.0 Å². The number of hydrogen-bond donors (Lipinski definition) is 1. The number of nitrogens with zero attached hydrogens (tertiary/aromatic N) is 3. The van der Waals surface area contributed by atoms with E-state index in [4.69, 9.17) is 10.00 Å². The zero-order valence-corrected chi connectivity index (χ0v) is 14.2. The highest BCUT2D eigenvalue weighted by atomic mass is 19.4. The highest BCUT2D eigenvalue weighted by molar-refractivity contribution is 5.73. The van der Waals surface area contributed by atoms with Gasteiger partial charge in [0.1, 0.15) is 23.6 Å². The lowest BCUT2D eigenvalue weighted by Crippen LogP contribution is -2.44. The first kappa shape index (κ1) is 18.5. The average molecular weight is 376 g/mol. The van der Waals surface area contributed by atoms with Crippen molar-refractivity contribution in [1.29, 1.82) is 5.26 Å². The van der Waals surface area contributed by atoms with Gasteiger partial charge in [0.25, 0.3) is 0 Å². The Morgan fingerprint density at radius 3 is 2.63 bits per heavy atom. The molecule has 1 amide bonds. The number of benzene rings is 1. The SMILES string of the molecule is CC(=O)NC[C@@H]1CN(c2ccc(C(F)(F)F)cc2)c2ccc(C#N)nc2O1. The van der Waals surface area contributed by atoms with Gasteiger partial charge in [-0.15, -0.1) is 0 Å². The number of pyridine rings is 1. The Kier molecular flexibility index (Phi) is 4.90. The van der Waals surface area contributed by atoms with Gasteiger partial charge in [-0.2, -0.15) is 18.4 Å². The molecule has 0 radical (unpaired) electrons. The number of halogens is 3. The number of alkyl halides is 3. The molecule has 1 aromatic carbocycles. The Morgan fingerprint density at radius 1 is 1.33 bits per heavy atom. The summed E-state index contributed by atoms with van der Waals surface area (Å²) in [6.45, 7) is 1.87. The molecule has 140 valence electrons. The van der Waals surface area contributed by atoms with Gasteiger partial charge in [-0.1, -0.05) is 0 Å². The van der Waals surface area contributed by atoms with Crippen LogP contribution in [0.5, 0.6) is 5.88 Å². The summed E-state index contributed by atoms with van der Waals surface area (Å²) in [7, 11) is 0. The third-order valence-electron chi connectivity index (χ3n) is 4.00. The van der Waals surface area contributed by atoms with Crippen molar-refractivity contribution >= 4 is 17.3 Å². The van der Waals surface area contributed by atoms with E-state index < -0.39 is 17.8 Å². The molecule has 0 aliphatic carbocycles. The summed E-state index contributed by atoms with van der Waals surface area (Å²) in [4.78, 5) is 17.0. The molecule has 2 aromatic rings. The fourth-order valence-electron chi connectivity index (χ4n) is 2.72. The first-order valence-corrected chi connectivity index (χ1v) is 8.05. The minimum Gasteiger partial charge on any atom is -0.469 e. The van der Waals surface area contributed by atoms with Crippen molar-refractivity contribution in [2.24, 2.45) is 0 Å². The molecule has 3 rings (SSSR count). The van der Waals surface area contributed by atoms with Crippen LogP contribution in [0.4, 0.5) is 24.5 Å². The van der Waals surface area contributed by atoms with Crippen LogP contribution in [0.2, 0.25) is 0 Å². The van der Waals surface area contributed by atoms with Crippen LogP contribution in [0.1, 0.15) is 18.2 Å². The van der Waals surface area contributed by atoms with E-state index in [1.165, 1.54) is 25.1 Å². The van der Waals surface area contributed by atoms with Crippen LogP contribution in [0.25, 0.3) is 0 Å². The fraction of sp³-hybridized carbons (Fsp3) is 0.278. The maximum atomic E-state index is 12.8. The maximum Gasteiger partial charge on any atom is 0.416 e. The number of ether oxygens (including phenoxy) is 1. The third kappa shape index (κ3) is 4.11. The smallest absolute Gasteiger partial charge is 0.416 e. The molecule has 2 heterocycles. The predicted molar refractivity (Wildman–Crippen MR) is 90.5 cm³/mol. The number of anilines is 2. The van der Waals surface area contributed by atoms with Crippen molar-refractivity contribution < 1.29 is 22.7 Å². The second kappa shape index (κ2) is 7.15. The molecule has 1 atom stereocenters. The largest absolute Gasteiger partial charge is 0.469 e. The highest BCUT2D eigenvalue weighted by Gasteiger charge is 2.32. The van der Waals surface area contributed by atoms with Crippen molar-refractivity contribution in [2.45, 2.75) is 19.2 Å². The molecule has 0 saturated heterocycles. The molecule has 9 heteroatoms. The number of aromatic nitrogens is 1. The second-order valence-corrected chi connectivity index (χ2v) is 5.96. The monoisotopic (exact) mass is 376 g/mol. The zero-order chi connectivity index (χ0) is 19.6. The molecule has 0 saturated carbocycles. The molecule has 1 aliphatic heterocycles. The van der Waals surface area contributed by atoms with Crippen molar-refractivity contribution in [3.8, 4) is 11.9 Å². The molecular weight excluding hydrogens is 361 g/mol. The van der Waals surface area contributed by atoms with Gasteiger partial charge in [-0.3, -0.25) is 4.79 Å². The molecular formula is C18H15F3N4O2. The Balaban J connectivity index is 1.95. The lowest BCUT2D eigenvalue weighted by atomic mass is 10.1. The van der Waals surface area contributed by atoms with Gasteiger partial charge in [0.05, 0.1) is 18.7 Å². The van der Waals surface area contributed by atoms with E-state index in [1.807, 2.05) is 6.07 Å². The van der Waals surface area contributed by atoms with E-state index in [-0.39, 0.29) is 24.0 Å². The summed E-state index contributed by atoms with van der Waals surface area (Å²) in [5.41, 5.74) is 0.466. The summed E-state index contributed by atoms with van der Waals surface area (Å²) >= 11 is 0. The Bertz CT molecular complexity index is 891. The number of amides is 1. The molecule has 0 spiro atoms. The third-order valence-corrected chi connectivity index (χ3v) is 4.00. The summed E-state index contributed by atoms with van der Waals surface area (Å²) in [6.07, 6.45) is -4.90. The van der Waals surface area contributed by atoms with E-state index in [9.17, 15) is 18.0 Å². The quantitative estimate of drug-likeness (QED) is 0.891. The number of hydrogen-bond acceptors (Lipinski definition) is 5. The second-order valence-electron chi connectivity index (χ2n) is 5.96. The standard InChI is InChI=1S/C18H15F3N4O2/c1-11(26)23-9-15-10-25(14-5-2-12(3-6-14)18(19,20)21)16-7-4-13(8-22)24-17(16)27-15/h2-7,15H,9-10H2,1H3,(H,23,26)/t15-/m1/s1. The van der Waals surface area contributed by atoms with Crippen molar-refractivity contribution in [1.82, 2.24) is 10.3 Å². The van der Waals surface area contributed by atoms with Crippen LogP contribution in [0, 0.1) is 11.3 Å². The Labute approximate surface area is 153 Å². The van der Waals surface area contributed by atoms with Gasteiger partial charge in [0.15, 0.2) is 0 Å². The number of fused-ring (bicyclic) bond motifs is 1. The Morgan fingerprint density at radius 2 is 2.04 bits per heavy atom. The van der Waals surface area contributed by atoms with Crippen LogP contribution in [-0.4, -0.2) is 30.1 Å². The molecule has 1 aliphatic rings. The van der Waals surface area contributed by atoms with E-state index in [0.29, 0.717) is 17.9 Å². The molecule has 1 aromatic heterocycles. The van der Waals surface area contributed by atoms with Gasteiger partial charge >= 0.3 is 6.18 Å². The molecule has 6 nitrogen and oxygen atoms in total. The van der Waals surface area contributed by atoms with Gasteiger partial charge in [-0.05, 0) is 36.4 Å². The minimum absolute atomic E-state index is 0.154. The Hall–Kier alpha value is -3.28. The van der Waals surface area contributed by atoms with Crippen LogP contribution >= 0.6 is 0 Å². The van der Waals surface area contributed by atoms with Crippen LogP contribution in [-0.2, 0) is 11.0 Å². The predicted octanol–water partition coefficient (Wildman–Crippen LogP) is 3.01. The normalized spacial score (nSPS) is 16.1. The molecule has 1 N–H and O–H groups in total. The summed E-state index contributed by atoms with van der Waals surface area (Å²) < 4.78 is 44.2. The number of nitriles is 1. The van der Waals surface area contributed by atoms with Crippen molar-refractivity contribution in [3.05, 3.63) is 47.7 Å². The summed E-state index contributed by atoms with van der Waals surface area (Å²) in [5, 5.41) is 11.7. The minimum atomic E-state index is -4.42. The van der Waals surface area contributed by atoms with Gasteiger partial charge in [0.2, 0.25) is 11.8 Å². The van der Waals surface area contributed by atoms with Crippen LogP contribution in [0.3, 0.4) is 0 Å². The van der Waals surface area contributed by atoms with Crippen LogP contribution < -0.4 is 15.0 Å². The highest BCUT2D eigenvalue weighted by Crippen LogP contribution is 2.38. The zero-order valence-electron chi connectivity index (χ0n) is 14.2. The van der Waals surface area contributed by atoms with Crippen LogP contribution in [0.15, 0.2) is 36.4 Å². The van der Waals surface area contributed by atoms with E-state index in [2.05, 4.69) is 10.3 Å². The van der Waals surface area contributed by atoms with Crippen molar-refractivity contribution in [2.75, 3.05) is 18.0 Å². The first-order chi connectivity index (χ1) is 12.8. The topological polar surface area (TPSA) is 78.3 Å². The average Bonchev–Trinajstić information content (AvgIpc) is 2.64. The molecule has 0 bridgehead atoms. The first-order valence-electron chi connectivity index (χ1n) is 8.05. The maximum absolute atomic E-state index is 12.8. The molecule has 0 fully saturated rings. The van der Waals surface area contributed by atoms with Gasteiger partial charge in [-0.25, -0.2) is 4.98 Å². The number of carbonyl (C=O) groups excluding carboxylic acids is 1. The van der Waals surface area contributed by atoms with Gasteiger partial charge < -0.3 is 15.0 Å². The van der Waals surface area contributed by atoms with E-state index in [0.717, 1.165) is 12.1 Å². The molecule has 27 heavy (non-hydrogen) atoms. The van der Waals surface area contributed by atoms with E-state index >= 15 is 0 Å².